The highest BCUT2D eigenvalue weighted by molar-refractivity contribution is 5.97. The Morgan fingerprint density at radius 1 is 1.00 bits per heavy atom. The van der Waals surface area contributed by atoms with Crippen molar-refractivity contribution in [3.05, 3.63) is 71.8 Å². The van der Waals surface area contributed by atoms with Crippen LogP contribution < -0.4 is 0 Å². The third-order valence-electron chi connectivity index (χ3n) is 4.67. The van der Waals surface area contributed by atoms with Crippen LogP contribution in [0.5, 0.6) is 0 Å². The molecule has 0 N–H and O–H groups in total. The number of esters is 1. The highest BCUT2D eigenvalue weighted by Crippen LogP contribution is 2.38. The number of Topliss-reactive ketones (excluding diaryl/α,β-unsaturated/α-hetero) is 1. The molecule has 5 heteroatoms. The first-order valence-electron chi connectivity index (χ1n) is 9.21. The second-order valence-electron chi connectivity index (χ2n) is 6.50. The summed E-state index contributed by atoms with van der Waals surface area (Å²) in [6.07, 6.45) is -0.921. The van der Waals surface area contributed by atoms with Crippen molar-refractivity contribution in [1.29, 1.82) is 0 Å². The number of hydrogen-bond donors (Lipinski definition) is 0. The lowest BCUT2D eigenvalue weighted by Crippen LogP contribution is -2.49. The summed E-state index contributed by atoms with van der Waals surface area (Å²) in [7, 11) is 0. The van der Waals surface area contributed by atoms with Gasteiger partial charge in [0, 0.05) is 17.9 Å². The molecule has 1 aliphatic heterocycles. The number of carbonyl (C=O) groups is 2. The van der Waals surface area contributed by atoms with Gasteiger partial charge in [0.1, 0.15) is 5.92 Å². The maximum Gasteiger partial charge on any atom is 0.314 e. The standard InChI is InChI=1S/C22H24O5/c1-3-25-21(24)20(22-26-15(2)27-22)18(16-10-6-4-7-11-16)14-19(23)17-12-8-5-9-13-17/h4-13,15,18,20,22H,3,14H2,1-2H3. The van der Waals surface area contributed by atoms with E-state index >= 15 is 0 Å². The molecule has 2 aromatic rings. The monoisotopic (exact) mass is 368 g/mol. The highest BCUT2D eigenvalue weighted by atomic mass is 16.9. The fourth-order valence-corrected chi connectivity index (χ4v) is 3.35. The summed E-state index contributed by atoms with van der Waals surface area (Å²) in [5.74, 6) is -1.57. The van der Waals surface area contributed by atoms with E-state index in [1.807, 2.05) is 48.5 Å². The first-order chi connectivity index (χ1) is 13.1. The Kier molecular flexibility index (Phi) is 6.37. The highest BCUT2D eigenvalue weighted by Gasteiger charge is 2.45. The first-order valence-corrected chi connectivity index (χ1v) is 9.21. The van der Waals surface area contributed by atoms with E-state index in [4.69, 9.17) is 14.2 Å². The fourth-order valence-electron chi connectivity index (χ4n) is 3.35. The van der Waals surface area contributed by atoms with Crippen LogP contribution in [0.4, 0.5) is 0 Å². The Labute approximate surface area is 159 Å². The van der Waals surface area contributed by atoms with E-state index in [2.05, 4.69) is 0 Å². The molecule has 2 unspecified atom stereocenters. The number of hydrogen-bond acceptors (Lipinski definition) is 5. The van der Waals surface area contributed by atoms with Crippen molar-refractivity contribution in [2.45, 2.75) is 38.8 Å². The maximum absolute atomic E-state index is 12.9. The van der Waals surface area contributed by atoms with Crippen LogP contribution in [0.3, 0.4) is 0 Å². The van der Waals surface area contributed by atoms with E-state index in [-0.39, 0.29) is 25.1 Å². The van der Waals surface area contributed by atoms with Crippen molar-refractivity contribution in [3.8, 4) is 0 Å². The second-order valence-corrected chi connectivity index (χ2v) is 6.50. The summed E-state index contributed by atoms with van der Waals surface area (Å²) in [6.45, 7) is 3.78. The van der Waals surface area contributed by atoms with Gasteiger partial charge in [-0.05, 0) is 19.4 Å². The molecule has 1 heterocycles. The van der Waals surface area contributed by atoms with Gasteiger partial charge in [0.05, 0.1) is 6.61 Å². The van der Waals surface area contributed by atoms with Crippen LogP contribution in [0.1, 0.15) is 42.1 Å². The average Bonchev–Trinajstić information content (AvgIpc) is 2.67. The summed E-state index contributed by atoms with van der Waals surface area (Å²) in [5, 5.41) is 0. The molecule has 2 atom stereocenters. The molecule has 0 bridgehead atoms. The number of carbonyl (C=O) groups excluding carboxylic acids is 2. The zero-order valence-electron chi connectivity index (χ0n) is 15.5. The first kappa shape index (κ1) is 19.3. The Balaban J connectivity index is 1.91. The molecule has 2 aromatic carbocycles. The van der Waals surface area contributed by atoms with Crippen LogP contribution >= 0.6 is 0 Å². The van der Waals surface area contributed by atoms with Gasteiger partial charge >= 0.3 is 5.97 Å². The van der Waals surface area contributed by atoms with Crippen LogP contribution in [-0.4, -0.2) is 30.9 Å². The molecule has 1 fully saturated rings. The molecule has 0 saturated carbocycles. The minimum atomic E-state index is -0.715. The second kappa shape index (κ2) is 8.93. The molecule has 1 saturated heterocycles. The predicted octanol–water partition coefficient (Wildman–Crippen LogP) is 3.94. The van der Waals surface area contributed by atoms with Crippen molar-refractivity contribution < 1.29 is 23.8 Å². The molecule has 142 valence electrons. The van der Waals surface area contributed by atoms with Gasteiger partial charge < -0.3 is 14.2 Å². The van der Waals surface area contributed by atoms with Crippen LogP contribution in [0.25, 0.3) is 0 Å². The molecule has 0 radical (unpaired) electrons. The quantitative estimate of drug-likeness (QED) is 0.522. The normalized spacial score (nSPS) is 21.0. The van der Waals surface area contributed by atoms with E-state index in [0.717, 1.165) is 5.56 Å². The van der Waals surface area contributed by atoms with Gasteiger partial charge in [-0.1, -0.05) is 60.7 Å². The van der Waals surface area contributed by atoms with Crippen LogP contribution in [0.15, 0.2) is 60.7 Å². The fraction of sp³-hybridized carbons (Fsp3) is 0.364. The third kappa shape index (κ3) is 4.62. The number of ketones is 1. The van der Waals surface area contributed by atoms with Gasteiger partial charge in [0.25, 0.3) is 0 Å². The summed E-state index contributed by atoms with van der Waals surface area (Å²) in [5.41, 5.74) is 1.50. The largest absolute Gasteiger partial charge is 0.466 e. The van der Waals surface area contributed by atoms with Gasteiger partial charge in [-0.3, -0.25) is 9.59 Å². The summed E-state index contributed by atoms with van der Waals surface area (Å²) in [6, 6.07) is 18.6. The smallest absolute Gasteiger partial charge is 0.314 e. The Hall–Kier alpha value is -2.50. The summed E-state index contributed by atoms with van der Waals surface area (Å²) >= 11 is 0. The lowest BCUT2D eigenvalue weighted by atomic mass is 9.80. The molecular formula is C22H24O5. The Morgan fingerprint density at radius 2 is 1.59 bits per heavy atom. The molecular weight excluding hydrogens is 344 g/mol. The molecule has 0 spiro atoms. The van der Waals surface area contributed by atoms with Gasteiger partial charge in [0.15, 0.2) is 18.4 Å². The molecule has 0 aliphatic carbocycles. The molecule has 5 nitrogen and oxygen atoms in total. The van der Waals surface area contributed by atoms with Crippen LogP contribution in [0.2, 0.25) is 0 Å². The van der Waals surface area contributed by atoms with Crippen molar-refractivity contribution in [1.82, 2.24) is 0 Å². The van der Waals surface area contributed by atoms with Crippen LogP contribution in [0, 0.1) is 5.92 Å². The van der Waals surface area contributed by atoms with Gasteiger partial charge in [-0.2, -0.15) is 0 Å². The zero-order chi connectivity index (χ0) is 19.2. The molecule has 0 amide bonds. The lowest BCUT2D eigenvalue weighted by molar-refractivity contribution is -0.390. The van der Waals surface area contributed by atoms with Crippen LogP contribution in [-0.2, 0) is 19.0 Å². The van der Waals surface area contributed by atoms with Gasteiger partial charge in [-0.25, -0.2) is 0 Å². The summed E-state index contributed by atoms with van der Waals surface area (Å²) in [4.78, 5) is 25.6. The van der Waals surface area contributed by atoms with E-state index in [9.17, 15) is 9.59 Å². The van der Waals surface area contributed by atoms with E-state index < -0.39 is 24.1 Å². The Morgan fingerprint density at radius 3 is 2.15 bits per heavy atom. The summed E-state index contributed by atoms with van der Waals surface area (Å²) < 4.78 is 16.5. The third-order valence-corrected chi connectivity index (χ3v) is 4.67. The lowest BCUT2D eigenvalue weighted by Gasteiger charge is -2.40. The van der Waals surface area contributed by atoms with Crippen molar-refractivity contribution >= 4 is 11.8 Å². The minimum absolute atomic E-state index is 0.0360. The van der Waals surface area contributed by atoms with Gasteiger partial charge in [0.2, 0.25) is 0 Å². The van der Waals surface area contributed by atoms with E-state index in [1.54, 1.807) is 26.0 Å². The molecule has 27 heavy (non-hydrogen) atoms. The molecule has 0 aromatic heterocycles. The topological polar surface area (TPSA) is 61.8 Å². The SMILES string of the molecule is CCOC(=O)C(C1OC(C)O1)C(CC(=O)c1ccccc1)c1ccccc1. The Bertz CT molecular complexity index is 753. The van der Waals surface area contributed by atoms with Crippen molar-refractivity contribution in [2.75, 3.05) is 6.61 Å². The predicted molar refractivity (Wildman–Crippen MR) is 100 cm³/mol. The number of rotatable bonds is 8. The average molecular weight is 368 g/mol. The molecule has 1 aliphatic rings. The zero-order valence-corrected chi connectivity index (χ0v) is 15.5. The van der Waals surface area contributed by atoms with Gasteiger partial charge in [-0.15, -0.1) is 0 Å². The van der Waals surface area contributed by atoms with Crippen molar-refractivity contribution in [2.24, 2.45) is 5.92 Å². The van der Waals surface area contributed by atoms with Crippen molar-refractivity contribution in [3.63, 3.8) is 0 Å². The maximum atomic E-state index is 12.9. The minimum Gasteiger partial charge on any atom is -0.466 e. The van der Waals surface area contributed by atoms with E-state index in [1.165, 1.54) is 0 Å². The number of benzene rings is 2. The van der Waals surface area contributed by atoms with E-state index in [0.29, 0.717) is 5.56 Å². The number of ether oxygens (including phenoxy) is 3. The molecule has 3 rings (SSSR count).